The Morgan fingerprint density at radius 1 is 1.25 bits per heavy atom. The van der Waals surface area contributed by atoms with Gasteiger partial charge in [-0.3, -0.25) is 0 Å². The van der Waals surface area contributed by atoms with Gasteiger partial charge < -0.3 is 5.32 Å². The number of sulfone groups is 1. The highest BCUT2D eigenvalue weighted by Crippen LogP contribution is 2.34. The summed E-state index contributed by atoms with van der Waals surface area (Å²) < 4.78 is 22.7. The summed E-state index contributed by atoms with van der Waals surface area (Å²) in [5.74, 6) is 0. The van der Waals surface area contributed by atoms with Crippen molar-refractivity contribution in [2.75, 3.05) is 11.6 Å². The van der Waals surface area contributed by atoms with Gasteiger partial charge in [0.05, 0.1) is 11.9 Å². The Labute approximate surface area is 121 Å². The zero-order valence-corrected chi connectivity index (χ0v) is 13.3. The molecule has 1 aromatic heterocycles. The number of hydrogen-bond donors (Lipinski definition) is 1. The fourth-order valence-electron chi connectivity index (χ4n) is 2.73. The molecule has 1 N–H and O–H groups in total. The summed E-state index contributed by atoms with van der Waals surface area (Å²) >= 11 is 0. The number of rotatable bonds is 3. The SMILES string of the molecule is CC1(C)CCCC(Nc2ccc(S(C)(=O)=O)nc2)CC1. The lowest BCUT2D eigenvalue weighted by atomic mass is 9.85. The molecule has 0 radical (unpaired) electrons. The highest BCUT2D eigenvalue weighted by Gasteiger charge is 2.24. The third kappa shape index (κ3) is 4.20. The van der Waals surface area contributed by atoms with E-state index in [0.29, 0.717) is 11.5 Å². The first-order valence-corrected chi connectivity index (χ1v) is 9.08. The van der Waals surface area contributed by atoms with Gasteiger partial charge >= 0.3 is 0 Å². The second-order valence-corrected chi connectivity index (χ2v) is 8.56. The summed E-state index contributed by atoms with van der Waals surface area (Å²) in [4.78, 5) is 4.02. The first-order valence-electron chi connectivity index (χ1n) is 7.19. The van der Waals surface area contributed by atoms with Crippen LogP contribution in [0, 0.1) is 5.41 Å². The topological polar surface area (TPSA) is 59.1 Å². The van der Waals surface area contributed by atoms with E-state index < -0.39 is 9.84 Å². The maximum Gasteiger partial charge on any atom is 0.192 e. The second kappa shape index (κ2) is 5.72. The van der Waals surface area contributed by atoms with Crippen LogP contribution in [0.5, 0.6) is 0 Å². The van der Waals surface area contributed by atoms with Gasteiger partial charge in [0.2, 0.25) is 0 Å². The predicted molar refractivity (Wildman–Crippen MR) is 81.6 cm³/mol. The maximum absolute atomic E-state index is 11.4. The molecule has 4 nitrogen and oxygen atoms in total. The summed E-state index contributed by atoms with van der Waals surface area (Å²) in [6.07, 6.45) is 8.84. The van der Waals surface area contributed by atoms with Crippen LogP contribution < -0.4 is 5.32 Å². The van der Waals surface area contributed by atoms with Crippen molar-refractivity contribution in [1.29, 1.82) is 0 Å². The van der Waals surface area contributed by atoms with Gasteiger partial charge in [-0.05, 0) is 43.2 Å². The predicted octanol–water partition coefficient (Wildman–Crippen LogP) is 3.26. The lowest BCUT2D eigenvalue weighted by molar-refractivity contribution is 0.313. The van der Waals surface area contributed by atoms with Crippen molar-refractivity contribution in [2.45, 2.75) is 57.0 Å². The van der Waals surface area contributed by atoms with E-state index in [-0.39, 0.29) is 5.03 Å². The van der Waals surface area contributed by atoms with Gasteiger partial charge in [-0.15, -0.1) is 0 Å². The Bertz CT molecular complexity index is 550. The average molecular weight is 296 g/mol. The van der Waals surface area contributed by atoms with E-state index in [2.05, 4.69) is 24.1 Å². The molecule has 0 spiro atoms. The van der Waals surface area contributed by atoms with Gasteiger partial charge in [0.1, 0.15) is 0 Å². The van der Waals surface area contributed by atoms with E-state index in [1.165, 1.54) is 25.5 Å². The van der Waals surface area contributed by atoms with Crippen molar-refractivity contribution >= 4 is 15.5 Å². The smallest absolute Gasteiger partial charge is 0.192 e. The van der Waals surface area contributed by atoms with Gasteiger partial charge in [0, 0.05) is 12.3 Å². The van der Waals surface area contributed by atoms with Crippen molar-refractivity contribution in [3.8, 4) is 0 Å². The molecule has 20 heavy (non-hydrogen) atoms. The Balaban J connectivity index is 2.00. The molecule has 0 aliphatic heterocycles. The molecular weight excluding hydrogens is 272 g/mol. The standard InChI is InChI=1S/C15H24N2O2S/c1-15(2)9-4-5-12(8-10-15)17-13-6-7-14(16-11-13)20(3,18)19/h6-7,11-12,17H,4-5,8-10H2,1-3H3. The van der Waals surface area contributed by atoms with E-state index in [4.69, 9.17) is 0 Å². The van der Waals surface area contributed by atoms with E-state index in [0.717, 1.165) is 18.5 Å². The second-order valence-electron chi connectivity index (χ2n) is 6.59. The molecule has 1 aliphatic carbocycles. The molecule has 2 rings (SSSR count). The molecule has 0 saturated heterocycles. The van der Waals surface area contributed by atoms with Crippen molar-refractivity contribution in [3.63, 3.8) is 0 Å². The maximum atomic E-state index is 11.4. The van der Waals surface area contributed by atoms with Crippen LogP contribution in [0.3, 0.4) is 0 Å². The zero-order chi connectivity index (χ0) is 14.8. The molecule has 1 aromatic rings. The summed E-state index contributed by atoms with van der Waals surface area (Å²) in [5, 5.41) is 3.61. The number of hydrogen-bond acceptors (Lipinski definition) is 4. The molecular formula is C15H24N2O2S. The van der Waals surface area contributed by atoms with Crippen LogP contribution in [0.4, 0.5) is 5.69 Å². The van der Waals surface area contributed by atoms with Gasteiger partial charge in [-0.1, -0.05) is 20.3 Å². The molecule has 1 unspecified atom stereocenters. The first kappa shape index (κ1) is 15.3. The number of nitrogens with zero attached hydrogens (tertiary/aromatic N) is 1. The monoisotopic (exact) mass is 296 g/mol. The van der Waals surface area contributed by atoms with E-state index in [9.17, 15) is 8.42 Å². The average Bonchev–Trinajstić information content (AvgIpc) is 2.51. The number of aromatic nitrogens is 1. The van der Waals surface area contributed by atoms with E-state index in [1.807, 2.05) is 0 Å². The van der Waals surface area contributed by atoms with Crippen LogP contribution in [0.2, 0.25) is 0 Å². The summed E-state index contributed by atoms with van der Waals surface area (Å²) in [6.45, 7) is 4.66. The molecule has 112 valence electrons. The highest BCUT2D eigenvalue weighted by molar-refractivity contribution is 7.90. The molecule has 0 aromatic carbocycles. The molecule has 1 fully saturated rings. The van der Waals surface area contributed by atoms with Crippen LogP contribution in [0.25, 0.3) is 0 Å². The summed E-state index contributed by atoms with van der Waals surface area (Å²) in [6, 6.07) is 3.83. The van der Waals surface area contributed by atoms with Gasteiger partial charge in [0.25, 0.3) is 0 Å². The Kier molecular flexibility index (Phi) is 4.37. The van der Waals surface area contributed by atoms with Crippen LogP contribution >= 0.6 is 0 Å². The minimum Gasteiger partial charge on any atom is -0.381 e. The third-order valence-corrected chi connectivity index (χ3v) is 5.06. The molecule has 5 heteroatoms. The quantitative estimate of drug-likeness (QED) is 0.870. The lowest BCUT2D eigenvalue weighted by Crippen LogP contribution is -2.19. The lowest BCUT2D eigenvalue weighted by Gasteiger charge is -2.22. The highest BCUT2D eigenvalue weighted by atomic mass is 32.2. The van der Waals surface area contributed by atoms with E-state index in [1.54, 1.807) is 18.3 Å². The van der Waals surface area contributed by atoms with Crippen LogP contribution in [0.1, 0.15) is 46.0 Å². The Morgan fingerprint density at radius 3 is 2.60 bits per heavy atom. The Hall–Kier alpha value is -1.10. The largest absolute Gasteiger partial charge is 0.381 e. The molecule has 0 amide bonds. The summed E-state index contributed by atoms with van der Waals surface area (Å²) in [5.41, 5.74) is 1.34. The fraction of sp³-hybridized carbons (Fsp3) is 0.667. The molecule has 1 aliphatic rings. The van der Waals surface area contributed by atoms with Crippen LogP contribution in [-0.2, 0) is 9.84 Å². The van der Waals surface area contributed by atoms with Crippen molar-refractivity contribution in [1.82, 2.24) is 4.98 Å². The number of anilines is 1. The molecule has 1 atom stereocenters. The minimum atomic E-state index is -3.21. The van der Waals surface area contributed by atoms with E-state index >= 15 is 0 Å². The van der Waals surface area contributed by atoms with Crippen molar-refractivity contribution in [3.05, 3.63) is 18.3 Å². The first-order chi connectivity index (χ1) is 9.26. The van der Waals surface area contributed by atoms with Crippen molar-refractivity contribution < 1.29 is 8.42 Å². The summed E-state index contributed by atoms with van der Waals surface area (Å²) in [7, 11) is -3.21. The molecule has 0 bridgehead atoms. The normalized spacial score (nSPS) is 23.1. The van der Waals surface area contributed by atoms with Gasteiger partial charge in [-0.25, -0.2) is 13.4 Å². The number of nitrogens with one attached hydrogen (secondary N) is 1. The van der Waals surface area contributed by atoms with Crippen molar-refractivity contribution in [2.24, 2.45) is 5.41 Å². The molecule has 1 heterocycles. The third-order valence-electron chi connectivity index (χ3n) is 4.06. The Morgan fingerprint density at radius 2 is 2.00 bits per heavy atom. The number of pyridine rings is 1. The zero-order valence-electron chi connectivity index (χ0n) is 12.5. The van der Waals surface area contributed by atoms with Crippen LogP contribution in [-0.4, -0.2) is 25.7 Å². The van der Waals surface area contributed by atoms with Gasteiger partial charge in [-0.2, -0.15) is 0 Å². The fourth-order valence-corrected chi connectivity index (χ4v) is 3.29. The van der Waals surface area contributed by atoms with Crippen LogP contribution in [0.15, 0.2) is 23.4 Å². The van der Waals surface area contributed by atoms with Gasteiger partial charge in [0.15, 0.2) is 14.9 Å². The molecule has 1 saturated carbocycles. The minimum absolute atomic E-state index is 0.130.